The lowest BCUT2D eigenvalue weighted by molar-refractivity contribution is -0.146. The molecule has 1 aromatic rings. The van der Waals surface area contributed by atoms with E-state index in [1.165, 1.54) is 7.11 Å². The highest BCUT2D eigenvalue weighted by molar-refractivity contribution is 5.72. The Labute approximate surface area is 119 Å². The molecule has 0 amide bonds. The maximum absolute atomic E-state index is 11.5. The molecule has 1 aliphatic carbocycles. The molecule has 0 radical (unpaired) electrons. The summed E-state index contributed by atoms with van der Waals surface area (Å²) in [6.07, 6.45) is 3.55. The number of hydrogen-bond acceptors (Lipinski definition) is 4. The Morgan fingerprint density at radius 3 is 2.65 bits per heavy atom. The van der Waals surface area contributed by atoms with Gasteiger partial charge in [0.1, 0.15) is 6.07 Å². The van der Waals surface area contributed by atoms with Crippen molar-refractivity contribution in [3.63, 3.8) is 0 Å². The van der Waals surface area contributed by atoms with Gasteiger partial charge in [-0.15, -0.1) is 0 Å². The molecule has 1 aliphatic rings. The molecular formula is C16H20N2O2. The zero-order valence-corrected chi connectivity index (χ0v) is 12.0. The number of carbonyl (C=O) groups excluding carboxylic acids is 1. The average molecular weight is 272 g/mol. The lowest BCUT2D eigenvalue weighted by Crippen LogP contribution is -2.30. The Morgan fingerprint density at radius 1 is 1.35 bits per heavy atom. The molecule has 1 saturated carbocycles. The minimum atomic E-state index is -0.100. The largest absolute Gasteiger partial charge is 0.469 e. The van der Waals surface area contributed by atoms with Crippen molar-refractivity contribution in [2.45, 2.75) is 38.6 Å². The number of aryl methyl sites for hydroxylation is 1. The van der Waals surface area contributed by atoms with Crippen molar-refractivity contribution < 1.29 is 9.53 Å². The molecule has 0 aliphatic heterocycles. The van der Waals surface area contributed by atoms with E-state index in [0.717, 1.165) is 36.9 Å². The molecular weight excluding hydrogens is 252 g/mol. The smallest absolute Gasteiger partial charge is 0.308 e. The van der Waals surface area contributed by atoms with Gasteiger partial charge in [0, 0.05) is 6.04 Å². The summed E-state index contributed by atoms with van der Waals surface area (Å²) in [4.78, 5) is 11.5. The van der Waals surface area contributed by atoms with Crippen molar-refractivity contribution in [2.24, 2.45) is 5.92 Å². The van der Waals surface area contributed by atoms with Crippen LogP contribution in [0.2, 0.25) is 0 Å². The Kier molecular flexibility index (Phi) is 4.62. The molecule has 2 rings (SSSR count). The van der Waals surface area contributed by atoms with Gasteiger partial charge in [0.05, 0.1) is 24.3 Å². The lowest BCUT2D eigenvalue weighted by Gasteiger charge is -2.28. The van der Waals surface area contributed by atoms with Gasteiger partial charge < -0.3 is 10.1 Å². The molecule has 0 bridgehead atoms. The number of nitrogens with one attached hydrogen (secondary N) is 1. The quantitative estimate of drug-likeness (QED) is 0.859. The van der Waals surface area contributed by atoms with Crippen molar-refractivity contribution in [3.05, 3.63) is 29.3 Å². The Hall–Kier alpha value is -2.02. The zero-order valence-electron chi connectivity index (χ0n) is 12.0. The topological polar surface area (TPSA) is 62.1 Å². The number of ether oxygens (including phenoxy) is 1. The molecule has 0 saturated heterocycles. The van der Waals surface area contributed by atoms with Crippen LogP contribution >= 0.6 is 0 Å². The SMILES string of the molecule is COC(=O)C1CCC(Nc2ccc(C)cc2C#N)CC1. The number of benzene rings is 1. The summed E-state index contributed by atoms with van der Waals surface area (Å²) in [5.74, 6) is -0.0667. The number of esters is 1. The summed E-state index contributed by atoms with van der Waals surface area (Å²) in [7, 11) is 1.44. The predicted octanol–water partition coefficient (Wildman–Crippen LogP) is 3.01. The van der Waals surface area contributed by atoms with Gasteiger partial charge in [0.2, 0.25) is 0 Å². The number of nitrogens with zero attached hydrogens (tertiary/aromatic N) is 1. The third-order valence-electron chi connectivity index (χ3n) is 3.92. The molecule has 0 aromatic heterocycles. The summed E-state index contributed by atoms with van der Waals surface area (Å²) in [6.45, 7) is 1.98. The first-order chi connectivity index (χ1) is 9.63. The van der Waals surface area contributed by atoms with Gasteiger partial charge in [-0.3, -0.25) is 4.79 Å². The van der Waals surface area contributed by atoms with Crippen molar-refractivity contribution in [2.75, 3.05) is 12.4 Å². The first-order valence-electron chi connectivity index (χ1n) is 6.99. The first-order valence-corrected chi connectivity index (χ1v) is 6.99. The van der Waals surface area contributed by atoms with Crippen LogP contribution in [0.1, 0.15) is 36.8 Å². The molecule has 0 spiro atoms. The fourth-order valence-electron chi connectivity index (χ4n) is 2.74. The maximum atomic E-state index is 11.5. The van der Waals surface area contributed by atoms with Gasteiger partial charge in [-0.2, -0.15) is 5.26 Å². The number of anilines is 1. The van der Waals surface area contributed by atoms with Crippen molar-refractivity contribution in [3.8, 4) is 6.07 Å². The molecule has 1 aromatic carbocycles. The average Bonchev–Trinajstić information content (AvgIpc) is 2.49. The minimum Gasteiger partial charge on any atom is -0.469 e. The van der Waals surface area contributed by atoms with Crippen LogP contribution in [0.3, 0.4) is 0 Å². The molecule has 0 unspecified atom stereocenters. The lowest BCUT2D eigenvalue weighted by atomic mass is 9.86. The third kappa shape index (κ3) is 3.30. The van der Waals surface area contributed by atoms with Crippen LogP contribution in [0.15, 0.2) is 18.2 Å². The Bertz CT molecular complexity index is 526. The van der Waals surface area contributed by atoms with E-state index in [0.29, 0.717) is 11.6 Å². The van der Waals surface area contributed by atoms with Crippen LogP contribution in [0, 0.1) is 24.2 Å². The summed E-state index contributed by atoms with van der Waals surface area (Å²) in [5.41, 5.74) is 2.65. The number of hydrogen-bond donors (Lipinski definition) is 1. The fraction of sp³-hybridized carbons (Fsp3) is 0.500. The molecule has 106 valence electrons. The van der Waals surface area contributed by atoms with E-state index < -0.39 is 0 Å². The van der Waals surface area contributed by atoms with Crippen LogP contribution in [-0.2, 0) is 9.53 Å². The van der Waals surface area contributed by atoms with E-state index >= 15 is 0 Å². The number of rotatable bonds is 3. The summed E-state index contributed by atoms with van der Waals surface area (Å²) >= 11 is 0. The van der Waals surface area contributed by atoms with Gasteiger partial charge in [-0.1, -0.05) is 6.07 Å². The fourth-order valence-corrected chi connectivity index (χ4v) is 2.74. The van der Waals surface area contributed by atoms with E-state index in [1.54, 1.807) is 0 Å². The molecule has 1 fully saturated rings. The van der Waals surface area contributed by atoms with E-state index in [-0.39, 0.29) is 11.9 Å². The summed E-state index contributed by atoms with van der Waals surface area (Å²) in [5, 5.41) is 12.6. The highest BCUT2D eigenvalue weighted by Gasteiger charge is 2.27. The van der Waals surface area contributed by atoms with Gasteiger partial charge in [0.15, 0.2) is 0 Å². The van der Waals surface area contributed by atoms with Gasteiger partial charge in [-0.05, 0) is 50.3 Å². The van der Waals surface area contributed by atoms with Gasteiger partial charge in [-0.25, -0.2) is 0 Å². The van der Waals surface area contributed by atoms with E-state index in [1.807, 2.05) is 25.1 Å². The first kappa shape index (κ1) is 14.4. The normalized spacial score (nSPS) is 21.9. The number of carbonyl (C=O) groups is 1. The summed E-state index contributed by atoms with van der Waals surface area (Å²) in [6, 6.07) is 8.40. The van der Waals surface area contributed by atoms with Crippen LogP contribution in [0.4, 0.5) is 5.69 Å². The van der Waals surface area contributed by atoms with Crippen molar-refractivity contribution in [1.29, 1.82) is 5.26 Å². The molecule has 20 heavy (non-hydrogen) atoms. The van der Waals surface area contributed by atoms with Gasteiger partial charge >= 0.3 is 5.97 Å². The Balaban J connectivity index is 1.96. The van der Waals surface area contributed by atoms with Crippen LogP contribution < -0.4 is 5.32 Å². The zero-order chi connectivity index (χ0) is 14.5. The van der Waals surface area contributed by atoms with E-state index in [2.05, 4.69) is 11.4 Å². The monoisotopic (exact) mass is 272 g/mol. The van der Waals surface area contributed by atoms with Crippen LogP contribution in [0.25, 0.3) is 0 Å². The van der Waals surface area contributed by atoms with Gasteiger partial charge in [0.25, 0.3) is 0 Å². The van der Waals surface area contributed by atoms with Crippen molar-refractivity contribution >= 4 is 11.7 Å². The van der Waals surface area contributed by atoms with E-state index in [9.17, 15) is 4.79 Å². The highest BCUT2D eigenvalue weighted by atomic mass is 16.5. The van der Waals surface area contributed by atoms with Crippen LogP contribution in [-0.4, -0.2) is 19.1 Å². The highest BCUT2D eigenvalue weighted by Crippen LogP contribution is 2.28. The van der Waals surface area contributed by atoms with Crippen molar-refractivity contribution in [1.82, 2.24) is 0 Å². The number of nitriles is 1. The second kappa shape index (κ2) is 6.42. The standard InChI is InChI=1S/C16H20N2O2/c1-11-3-8-15(13(9-11)10-17)18-14-6-4-12(5-7-14)16(19)20-2/h3,8-9,12,14,18H,4-7H2,1-2H3. The minimum absolute atomic E-state index is 0.0338. The van der Waals surface area contributed by atoms with E-state index in [4.69, 9.17) is 10.00 Å². The molecule has 4 nitrogen and oxygen atoms in total. The molecule has 1 N–H and O–H groups in total. The summed E-state index contributed by atoms with van der Waals surface area (Å²) < 4.78 is 4.79. The Morgan fingerprint density at radius 2 is 2.05 bits per heavy atom. The second-order valence-electron chi connectivity index (χ2n) is 5.38. The number of methoxy groups -OCH3 is 1. The van der Waals surface area contributed by atoms with Crippen LogP contribution in [0.5, 0.6) is 0 Å². The third-order valence-corrected chi connectivity index (χ3v) is 3.92. The predicted molar refractivity (Wildman–Crippen MR) is 77.3 cm³/mol. The molecule has 0 atom stereocenters. The molecule has 4 heteroatoms. The molecule has 0 heterocycles. The maximum Gasteiger partial charge on any atom is 0.308 e. The second-order valence-corrected chi connectivity index (χ2v) is 5.38.